The van der Waals surface area contributed by atoms with Crippen molar-refractivity contribution in [3.05, 3.63) is 75.3 Å². The lowest BCUT2D eigenvalue weighted by atomic mass is 10.0. The molecule has 1 aliphatic rings. The first-order valence-electron chi connectivity index (χ1n) is 9.41. The van der Waals surface area contributed by atoms with Crippen molar-refractivity contribution in [1.29, 1.82) is 0 Å². The van der Waals surface area contributed by atoms with E-state index in [0.717, 1.165) is 4.90 Å². The summed E-state index contributed by atoms with van der Waals surface area (Å²) in [5, 5.41) is 13.6. The number of carbonyl (C=O) groups excluding carboxylic acids is 3. The van der Waals surface area contributed by atoms with E-state index in [-0.39, 0.29) is 23.2 Å². The van der Waals surface area contributed by atoms with Gasteiger partial charge in [0.15, 0.2) is 0 Å². The fourth-order valence-corrected chi connectivity index (χ4v) is 3.32. The summed E-state index contributed by atoms with van der Waals surface area (Å²) in [6, 6.07) is 11.0. The Bertz CT molecular complexity index is 938. The van der Waals surface area contributed by atoms with Gasteiger partial charge in [-0.25, -0.2) is 0 Å². The second-order valence-electron chi connectivity index (χ2n) is 6.81. The molecule has 156 valence electrons. The number of carbonyl (C=O) groups is 3. The molecule has 1 atom stereocenters. The van der Waals surface area contributed by atoms with Gasteiger partial charge in [0, 0.05) is 38.8 Å². The van der Waals surface area contributed by atoms with E-state index in [1.165, 1.54) is 24.3 Å². The van der Waals surface area contributed by atoms with Crippen molar-refractivity contribution >= 4 is 23.4 Å². The number of nitro groups is 1. The predicted octanol–water partition coefficient (Wildman–Crippen LogP) is 1.95. The first-order valence-corrected chi connectivity index (χ1v) is 9.41. The first kappa shape index (κ1) is 21.1. The van der Waals surface area contributed by atoms with Gasteiger partial charge in [-0.2, -0.15) is 0 Å². The van der Waals surface area contributed by atoms with Gasteiger partial charge in [0.1, 0.15) is 6.04 Å². The van der Waals surface area contributed by atoms with Crippen molar-refractivity contribution < 1.29 is 24.0 Å². The molecular weight excluding hydrogens is 390 g/mol. The molecule has 0 fully saturated rings. The minimum Gasteiger partial charge on any atom is -0.385 e. The van der Waals surface area contributed by atoms with Crippen LogP contribution in [0.2, 0.25) is 0 Å². The molecule has 0 aromatic heterocycles. The van der Waals surface area contributed by atoms with E-state index in [4.69, 9.17) is 4.74 Å². The Morgan fingerprint density at radius 3 is 2.23 bits per heavy atom. The number of benzene rings is 2. The lowest BCUT2D eigenvalue weighted by Gasteiger charge is -2.25. The molecule has 1 aliphatic heterocycles. The molecule has 0 bridgehead atoms. The maximum atomic E-state index is 12.9. The van der Waals surface area contributed by atoms with Crippen molar-refractivity contribution in [3.8, 4) is 0 Å². The summed E-state index contributed by atoms with van der Waals surface area (Å²) < 4.78 is 4.96. The summed E-state index contributed by atoms with van der Waals surface area (Å²) in [5.74, 6) is -1.54. The number of non-ortho nitro benzene ring substituents is 1. The van der Waals surface area contributed by atoms with E-state index in [1.807, 2.05) is 0 Å². The van der Waals surface area contributed by atoms with E-state index >= 15 is 0 Å². The van der Waals surface area contributed by atoms with Crippen molar-refractivity contribution in [1.82, 2.24) is 10.2 Å². The minimum atomic E-state index is -1.08. The highest BCUT2D eigenvalue weighted by Gasteiger charge is 2.42. The van der Waals surface area contributed by atoms with E-state index in [1.54, 1.807) is 31.4 Å². The number of hydrogen-bond donors (Lipinski definition) is 1. The molecule has 0 aliphatic carbocycles. The number of amides is 3. The molecule has 0 radical (unpaired) electrons. The Morgan fingerprint density at radius 2 is 1.70 bits per heavy atom. The third-order valence-corrected chi connectivity index (χ3v) is 4.84. The van der Waals surface area contributed by atoms with E-state index in [2.05, 4.69) is 5.32 Å². The zero-order valence-electron chi connectivity index (χ0n) is 16.4. The van der Waals surface area contributed by atoms with Gasteiger partial charge in [-0.05, 0) is 24.1 Å². The molecule has 0 saturated carbocycles. The number of nitrogens with one attached hydrogen (secondary N) is 1. The van der Waals surface area contributed by atoms with Crippen LogP contribution in [0.15, 0.2) is 48.5 Å². The Labute approximate surface area is 172 Å². The molecule has 3 amide bonds. The number of ether oxygens (including phenoxy) is 1. The molecule has 1 heterocycles. The number of nitro benzene ring substituents is 1. The summed E-state index contributed by atoms with van der Waals surface area (Å²) in [7, 11) is 1.55. The molecule has 3 rings (SSSR count). The number of hydrogen-bond acceptors (Lipinski definition) is 6. The van der Waals surface area contributed by atoms with Crippen LogP contribution < -0.4 is 5.32 Å². The topological polar surface area (TPSA) is 119 Å². The monoisotopic (exact) mass is 411 g/mol. The Kier molecular flexibility index (Phi) is 6.53. The second-order valence-corrected chi connectivity index (χ2v) is 6.81. The SMILES string of the molecule is COCCCNC(=O)[C@@H](Cc1ccc([N+](=O)[O-])cc1)N1C(=O)c2ccccc2C1=O. The van der Waals surface area contributed by atoms with Crippen molar-refractivity contribution in [2.75, 3.05) is 20.3 Å². The van der Waals surface area contributed by atoms with Crippen LogP contribution in [-0.2, 0) is 16.0 Å². The minimum absolute atomic E-state index is 0.0412. The lowest BCUT2D eigenvalue weighted by molar-refractivity contribution is -0.384. The average Bonchev–Trinajstić information content (AvgIpc) is 3.00. The zero-order valence-corrected chi connectivity index (χ0v) is 16.4. The number of methoxy groups -OCH3 is 1. The molecule has 2 aromatic carbocycles. The molecule has 0 unspecified atom stereocenters. The Hall–Kier alpha value is -3.59. The molecule has 2 aromatic rings. The third kappa shape index (κ3) is 4.36. The Balaban J connectivity index is 1.86. The third-order valence-electron chi connectivity index (χ3n) is 4.84. The van der Waals surface area contributed by atoms with Gasteiger partial charge in [0.2, 0.25) is 5.91 Å². The first-order chi connectivity index (χ1) is 14.4. The van der Waals surface area contributed by atoms with Crippen LogP contribution in [0.4, 0.5) is 5.69 Å². The largest absolute Gasteiger partial charge is 0.385 e. The van der Waals surface area contributed by atoms with Gasteiger partial charge in [0.05, 0.1) is 16.1 Å². The van der Waals surface area contributed by atoms with Crippen LogP contribution in [0.25, 0.3) is 0 Å². The molecule has 0 spiro atoms. The fourth-order valence-electron chi connectivity index (χ4n) is 3.32. The van der Waals surface area contributed by atoms with E-state index < -0.39 is 28.7 Å². The standard InChI is InChI=1S/C21H21N3O6/c1-30-12-4-11-22-19(25)18(13-14-7-9-15(10-8-14)24(28)29)23-20(26)16-5-2-3-6-17(16)21(23)27/h2-3,5-10,18H,4,11-13H2,1H3,(H,22,25)/t18-/m1/s1. The van der Waals surface area contributed by atoms with Crippen molar-refractivity contribution in [2.45, 2.75) is 18.9 Å². The second kappa shape index (κ2) is 9.27. The molecule has 30 heavy (non-hydrogen) atoms. The van der Waals surface area contributed by atoms with Crippen LogP contribution in [0.3, 0.4) is 0 Å². The van der Waals surface area contributed by atoms with Crippen LogP contribution in [-0.4, -0.2) is 53.8 Å². The van der Waals surface area contributed by atoms with Gasteiger partial charge in [-0.3, -0.25) is 29.4 Å². The molecule has 0 saturated heterocycles. The highest BCUT2D eigenvalue weighted by Crippen LogP contribution is 2.26. The maximum Gasteiger partial charge on any atom is 0.269 e. The van der Waals surface area contributed by atoms with Crippen LogP contribution in [0, 0.1) is 10.1 Å². The number of imide groups is 1. The van der Waals surface area contributed by atoms with Gasteiger partial charge in [-0.1, -0.05) is 24.3 Å². The van der Waals surface area contributed by atoms with Gasteiger partial charge >= 0.3 is 0 Å². The lowest BCUT2D eigenvalue weighted by Crippen LogP contribution is -2.51. The smallest absolute Gasteiger partial charge is 0.269 e. The molecule has 9 heteroatoms. The van der Waals surface area contributed by atoms with E-state index in [0.29, 0.717) is 25.1 Å². The van der Waals surface area contributed by atoms with Gasteiger partial charge in [-0.15, -0.1) is 0 Å². The van der Waals surface area contributed by atoms with Crippen LogP contribution >= 0.6 is 0 Å². The number of nitrogens with zero attached hydrogens (tertiary/aromatic N) is 2. The summed E-state index contributed by atoms with van der Waals surface area (Å²) in [6.45, 7) is 0.785. The maximum absolute atomic E-state index is 12.9. The van der Waals surface area contributed by atoms with Gasteiger partial charge < -0.3 is 10.1 Å². The number of rotatable bonds is 9. The molecular formula is C21H21N3O6. The normalized spacial score (nSPS) is 13.8. The molecule has 1 N–H and O–H groups in total. The van der Waals surface area contributed by atoms with Crippen LogP contribution in [0.1, 0.15) is 32.7 Å². The zero-order chi connectivity index (χ0) is 21.7. The number of fused-ring (bicyclic) bond motifs is 1. The average molecular weight is 411 g/mol. The summed E-state index contributed by atoms with van der Waals surface area (Å²) in [5.41, 5.74) is 1.01. The Morgan fingerprint density at radius 1 is 1.10 bits per heavy atom. The highest BCUT2D eigenvalue weighted by molar-refractivity contribution is 6.22. The summed E-state index contributed by atoms with van der Waals surface area (Å²) in [4.78, 5) is 50.0. The van der Waals surface area contributed by atoms with Crippen molar-refractivity contribution in [2.24, 2.45) is 0 Å². The summed E-state index contributed by atoms with van der Waals surface area (Å²) >= 11 is 0. The van der Waals surface area contributed by atoms with Crippen LogP contribution in [0.5, 0.6) is 0 Å². The highest BCUT2D eigenvalue weighted by atomic mass is 16.6. The van der Waals surface area contributed by atoms with Crippen molar-refractivity contribution in [3.63, 3.8) is 0 Å². The molecule has 9 nitrogen and oxygen atoms in total. The predicted molar refractivity (Wildman–Crippen MR) is 107 cm³/mol. The van der Waals surface area contributed by atoms with E-state index in [9.17, 15) is 24.5 Å². The fraction of sp³-hybridized carbons (Fsp3) is 0.286. The van der Waals surface area contributed by atoms with Gasteiger partial charge in [0.25, 0.3) is 17.5 Å². The quantitative estimate of drug-likeness (QED) is 0.292. The summed E-state index contributed by atoms with van der Waals surface area (Å²) in [6.07, 6.45) is 0.619.